The Labute approximate surface area is 105 Å². The van der Waals surface area contributed by atoms with Gasteiger partial charge in [0.25, 0.3) is 0 Å². The molecule has 17 heavy (non-hydrogen) atoms. The van der Waals surface area contributed by atoms with Crippen LogP contribution in [0.15, 0.2) is 0 Å². The molecular formula is C14H27NO2. The maximum Gasteiger partial charge on any atom is 0.0604 e. The van der Waals surface area contributed by atoms with Gasteiger partial charge in [0.1, 0.15) is 0 Å². The van der Waals surface area contributed by atoms with E-state index in [4.69, 9.17) is 9.47 Å². The van der Waals surface area contributed by atoms with E-state index in [1.807, 2.05) is 0 Å². The van der Waals surface area contributed by atoms with E-state index in [1.165, 1.54) is 44.9 Å². The minimum absolute atomic E-state index is 0.511. The quantitative estimate of drug-likeness (QED) is 0.695. The van der Waals surface area contributed by atoms with E-state index in [0.29, 0.717) is 18.2 Å². The lowest BCUT2D eigenvalue weighted by Crippen LogP contribution is -2.46. The molecule has 0 radical (unpaired) electrons. The van der Waals surface area contributed by atoms with Crippen LogP contribution in [0.1, 0.15) is 51.9 Å². The van der Waals surface area contributed by atoms with Crippen LogP contribution in [0.5, 0.6) is 0 Å². The molecule has 0 amide bonds. The van der Waals surface area contributed by atoms with E-state index in [-0.39, 0.29) is 0 Å². The molecule has 0 aliphatic heterocycles. The fourth-order valence-electron chi connectivity index (χ4n) is 2.82. The molecule has 3 heteroatoms. The number of rotatable bonds is 7. The molecule has 2 aliphatic carbocycles. The number of hydrogen-bond donors (Lipinski definition) is 1. The molecule has 2 saturated carbocycles. The van der Waals surface area contributed by atoms with Gasteiger partial charge in [-0.25, -0.2) is 0 Å². The summed E-state index contributed by atoms with van der Waals surface area (Å²) in [6, 6.07) is 0.668. The third-order valence-corrected chi connectivity index (χ3v) is 3.94. The second kappa shape index (κ2) is 7.34. The summed E-state index contributed by atoms with van der Waals surface area (Å²) in [4.78, 5) is 0. The van der Waals surface area contributed by atoms with Crippen molar-refractivity contribution in [3.05, 3.63) is 0 Å². The van der Waals surface area contributed by atoms with E-state index >= 15 is 0 Å². The number of nitrogens with one attached hydrogen (secondary N) is 1. The Morgan fingerprint density at radius 1 is 1.00 bits per heavy atom. The average molecular weight is 241 g/mol. The molecule has 1 N–H and O–H groups in total. The summed E-state index contributed by atoms with van der Waals surface area (Å²) < 4.78 is 11.4. The topological polar surface area (TPSA) is 30.5 Å². The second-order valence-corrected chi connectivity index (χ2v) is 5.33. The number of hydrogen-bond acceptors (Lipinski definition) is 3. The van der Waals surface area contributed by atoms with E-state index in [1.54, 1.807) is 0 Å². The van der Waals surface area contributed by atoms with Crippen LogP contribution in [0.25, 0.3) is 0 Å². The van der Waals surface area contributed by atoms with Crippen LogP contribution >= 0.6 is 0 Å². The van der Waals surface area contributed by atoms with E-state index in [2.05, 4.69) is 12.2 Å². The molecule has 2 rings (SSSR count). The Balaban J connectivity index is 1.42. The lowest BCUT2D eigenvalue weighted by atomic mass is 9.89. The van der Waals surface area contributed by atoms with Crippen molar-refractivity contribution < 1.29 is 9.47 Å². The summed E-state index contributed by atoms with van der Waals surface area (Å²) in [6.45, 7) is 4.79. The standard InChI is InChI=1S/C14H27NO2/c1-2-16-14-10-12(11-14)15-8-9-17-13-6-4-3-5-7-13/h12-15H,2-11H2,1H3. The fourth-order valence-corrected chi connectivity index (χ4v) is 2.82. The average Bonchev–Trinajstić information content (AvgIpc) is 2.32. The van der Waals surface area contributed by atoms with Crippen molar-refractivity contribution in [3.8, 4) is 0 Å². The third kappa shape index (κ3) is 4.57. The largest absolute Gasteiger partial charge is 0.378 e. The van der Waals surface area contributed by atoms with Crippen molar-refractivity contribution in [3.63, 3.8) is 0 Å². The van der Waals surface area contributed by atoms with Gasteiger partial charge in [0.05, 0.1) is 18.8 Å². The molecule has 0 atom stereocenters. The molecule has 0 heterocycles. The van der Waals surface area contributed by atoms with Crippen LogP contribution in [-0.4, -0.2) is 38.0 Å². The summed E-state index contributed by atoms with van der Waals surface area (Å²) in [5.41, 5.74) is 0. The molecule has 0 aromatic heterocycles. The SMILES string of the molecule is CCOC1CC(NCCOC2CCCCC2)C1. The zero-order valence-corrected chi connectivity index (χ0v) is 11.1. The highest BCUT2D eigenvalue weighted by Crippen LogP contribution is 2.23. The molecule has 100 valence electrons. The van der Waals surface area contributed by atoms with E-state index in [9.17, 15) is 0 Å². The zero-order chi connectivity index (χ0) is 11.9. The monoisotopic (exact) mass is 241 g/mol. The maximum absolute atomic E-state index is 5.88. The van der Waals surface area contributed by atoms with Gasteiger partial charge in [-0.2, -0.15) is 0 Å². The lowest BCUT2D eigenvalue weighted by molar-refractivity contribution is -0.0149. The van der Waals surface area contributed by atoms with Crippen molar-refractivity contribution in [2.24, 2.45) is 0 Å². The first kappa shape index (κ1) is 13.3. The highest BCUT2D eigenvalue weighted by molar-refractivity contribution is 4.85. The van der Waals surface area contributed by atoms with Crippen molar-refractivity contribution in [1.29, 1.82) is 0 Å². The van der Waals surface area contributed by atoms with Gasteiger partial charge >= 0.3 is 0 Å². The lowest BCUT2D eigenvalue weighted by Gasteiger charge is -2.35. The van der Waals surface area contributed by atoms with Gasteiger partial charge in [-0.05, 0) is 32.6 Å². The predicted octanol–water partition coefficient (Wildman–Crippen LogP) is 2.49. The molecule has 0 bridgehead atoms. The number of ether oxygens (including phenoxy) is 2. The Morgan fingerprint density at radius 3 is 2.47 bits per heavy atom. The zero-order valence-electron chi connectivity index (χ0n) is 11.1. The molecule has 0 aromatic rings. The molecule has 0 unspecified atom stereocenters. The normalized spacial score (nSPS) is 30.2. The molecule has 3 nitrogen and oxygen atoms in total. The molecular weight excluding hydrogens is 214 g/mol. The molecule has 2 aliphatic rings. The molecule has 2 fully saturated rings. The Kier molecular flexibility index (Phi) is 5.75. The molecule has 0 saturated heterocycles. The van der Waals surface area contributed by atoms with Gasteiger partial charge in [-0.1, -0.05) is 19.3 Å². The summed E-state index contributed by atoms with van der Waals surface area (Å²) >= 11 is 0. The highest BCUT2D eigenvalue weighted by atomic mass is 16.5. The van der Waals surface area contributed by atoms with Crippen LogP contribution in [0.3, 0.4) is 0 Å². The fraction of sp³-hybridized carbons (Fsp3) is 1.00. The van der Waals surface area contributed by atoms with Crippen LogP contribution in [0, 0.1) is 0 Å². The van der Waals surface area contributed by atoms with Gasteiger partial charge in [0, 0.05) is 19.2 Å². The van der Waals surface area contributed by atoms with E-state index in [0.717, 1.165) is 19.8 Å². The van der Waals surface area contributed by atoms with Gasteiger partial charge in [-0.15, -0.1) is 0 Å². The predicted molar refractivity (Wildman–Crippen MR) is 69.3 cm³/mol. The Morgan fingerprint density at radius 2 is 1.76 bits per heavy atom. The first-order chi connectivity index (χ1) is 8.38. The summed E-state index contributed by atoms with van der Waals surface area (Å²) in [5, 5.41) is 3.54. The summed E-state index contributed by atoms with van der Waals surface area (Å²) in [6.07, 6.45) is 10.1. The van der Waals surface area contributed by atoms with E-state index < -0.39 is 0 Å². The Hall–Kier alpha value is -0.120. The van der Waals surface area contributed by atoms with Crippen molar-refractivity contribution in [1.82, 2.24) is 5.32 Å². The second-order valence-electron chi connectivity index (χ2n) is 5.33. The smallest absolute Gasteiger partial charge is 0.0604 e. The molecule has 0 spiro atoms. The first-order valence-electron chi connectivity index (χ1n) is 7.35. The van der Waals surface area contributed by atoms with Crippen LogP contribution in [0.4, 0.5) is 0 Å². The van der Waals surface area contributed by atoms with Crippen molar-refractivity contribution in [2.75, 3.05) is 19.8 Å². The van der Waals surface area contributed by atoms with Gasteiger partial charge in [0.2, 0.25) is 0 Å². The first-order valence-corrected chi connectivity index (χ1v) is 7.35. The highest BCUT2D eigenvalue weighted by Gasteiger charge is 2.28. The van der Waals surface area contributed by atoms with Crippen LogP contribution < -0.4 is 5.32 Å². The van der Waals surface area contributed by atoms with Gasteiger partial charge in [0.15, 0.2) is 0 Å². The van der Waals surface area contributed by atoms with Gasteiger partial charge < -0.3 is 14.8 Å². The minimum Gasteiger partial charge on any atom is -0.378 e. The maximum atomic E-state index is 5.88. The summed E-state index contributed by atoms with van der Waals surface area (Å²) in [7, 11) is 0. The van der Waals surface area contributed by atoms with Crippen LogP contribution in [0.2, 0.25) is 0 Å². The molecule has 0 aromatic carbocycles. The van der Waals surface area contributed by atoms with Gasteiger partial charge in [-0.3, -0.25) is 0 Å². The summed E-state index contributed by atoms with van der Waals surface area (Å²) in [5.74, 6) is 0. The van der Waals surface area contributed by atoms with Crippen LogP contribution in [-0.2, 0) is 9.47 Å². The Bertz CT molecular complexity index is 198. The minimum atomic E-state index is 0.511. The third-order valence-electron chi connectivity index (χ3n) is 3.94. The van der Waals surface area contributed by atoms with Crippen molar-refractivity contribution >= 4 is 0 Å². The van der Waals surface area contributed by atoms with Crippen molar-refractivity contribution in [2.45, 2.75) is 70.1 Å².